The largest absolute Gasteiger partial charge is 0.234 e. The van der Waals surface area contributed by atoms with Gasteiger partial charge < -0.3 is 0 Å². The van der Waals surface area contributed by atoms with Crippen molar-refractivity contribution in [3.8, 4) is 0 Å². The van der Waals surface area contributed by atoms with Gasteiger partial charge in [0.05, 0.1) is 4.75 Å². The smallest absolute Gasteiger partial charge is 0.144 e. The lowest BCUT2D eigenvalue weighted by Gasteiger charge is -2.12. The molecule has 3 heteroatoms. The Balaban J connectivity index is 3.40. The average molecular weight is 259 g/mol. The first-order valence-corrected chi connectivity index (χ1v) is 8.03. The molecule has 0 radical (unpaired) electrons. The standard InChI is InChI=1S/C14H29NOS/c1-5-6-7-8-9-10-11-12-13-15-17(16)14(2,3)4/h13H,5-12H2,1-4H3/b15-13+. The van der Waals surface area contributed by atoms with Crippen molar-refractivity contribution in [3.05, 3.63) is 0 Å². The lowest BCUT2D eigenvalue weighted by molar-refractivity contribution is 0.596. The monoisotopic (exact) mass is 259 g/mol. The molecule has 0 aliphatic heterocycles. The Kier molecular flexibility index (Phi) is 9.71. The van der Waals surface area contributed by atoms with Crippen molar-refractivity contribution in [1.29, 1.82) is 0 Å². The van der Waals surface area contributed by atoms with Crippen molar-refractivity contribution in [3.63, 3.8) is 0 Å². The first-order chi connectivity index (χ1) is 7.98. The van der Waals surface area contributed by atoms with Gasteiger partial charge in [0.2, 0.25) is 0 Å². The van der Waals surface area contributed by atoms with E-state index in [-0.39, 0.29) is 4.75 Å². The minimum absolute atomic E-state index is 0.226. The van der Waals surface area contributed by atoms with E-state index in [4.69, 9.17) is 0 Å². The summed E-state index contributed by atoms with van der Waals surface area (Å²) in [5.74, 6) is 0. The predicted octanol–water partition coefficient (Wildman–Crippen LogP) is 4.66. The first-order valence-electron chi connectivity index (χ1n) is 6.93. The van der Waals surface area contributed by atoms with Gasteiger partial charge in [-0.3, -0.25) is 0 Å². The van der Waals surface area contributed by atoms with Gasteiger partial charge in [-0.1, -0.05) is 45.4 Å². The number of nitrogens with zero attached hydrogens (tertiary/aromatic N) is 1. The molecule has 0 aliphatic carbocycles. The van der Waals surface area contributed by atoms with Gasteiger partial charge in [-0.15, -0.1) is 0 Å². The van der Waals surface area contributed by atoms with Crippen LogP contribution in [0.4, 0.5) is 0 Å². The van der Waals surface area contributed by atoms with Gasteiger partial charge in [0.1, 0.15) is 11.0 Å². The van der Waals surface area contributed by atoms with E-state index in [1.54, 1.807) is 0 Å². The maximum absolute atomic E-state index is 11.6. The van der Waals surface area contributed by atoms with Gasteiger partial charge in [-0.2, -0.15) is 4.40 Å². The molecule has 102 valence electrons. The number of hydrogen-bond acceptors (Lipinski definition) is 1. The Hall–Kier alpha value is -0.180. The second kappa shape index (κ2) is 9.81. The molecule has 0 N–H and O–H groups in total. The van der Waals surface area contributed by atoms with Crippen molar-refractivity contribution in [1.82, 2.24) is 0 Å². The molecule has 0 aromatic heterocycles. The van der Waals surface area contributed by atoms with Crippen molar-refractivity contribution < 1.29 is 4.21 Å². The highest BCUT2D eigenvalue weighted by Crippen LogP contribution is 2.12. The quantitative estimate of drug-likeness (QED) is 0.437. The third-order valence-electron chi connectivity index (χ3n) is 2.63. The Bertz CT molecular complexity index is 231. The van der Waals surface area contributed by atoms with Gasteiger partial charge in [0, 0.05) is 6.21 Å². The molecule has 0 heterocycles. The normalized spacial score (nSPS) is 14.4. The van der Waals surface area contributed by atoms with E-state index in [1.807, 2.05) is 27.0 Å². The van der Waals surface area contributed by atoms with E-state index in [0.717, 1.165) is 6.42 Å². The molecule has 0 fully saturated rings. The minimum Gasteiger partial charge on any atom is -0.234 e. The molecular formula is C14H29NOS. The summed E-state index contributed by atoms with van der Waals surface area (Å²) >= 11 is 0. The molecule has 2 nitrogen and oxygen atoms in total. The zero-order valence-corrected chi connectivity index (χ0v) is 12.8. The van der Waals surface area contributed by atoms with Crippen LogP contribution in [0, 0.1) is 0 Å². The van der Waals surface area contributed by atoms with Crippen LogP contribution in [0.2, 0.25) is 0 Å². The van der Waals surface area contributed by atoms with Crippen molar-refractivity contribution in [2.75, 3.05) is 0 Å². The summed E-state index contributed by atoms with van der Waals surface area (Å²) in [6, 6.07) is 0. The highest BCUT2D eigenvalue weighted by atomic mass is 32.2. The summed E-state index contributed by atoms with van der Waals surface area (Å²) in [6.45, 7) is 8.10. The molecule has 17 heavy (non-hydrogen) atoms. The third-order valence-corrected chi connectivity index (χ3v) is 4.02. The molecule has 0 rings (SSSR count). The van der Waals surface area contributed by atoms with Crippen LogP contribution >= 0.6 is 0 Å². The third kappa shape index (κ3) is 10.7. The molecule has 1 atom stereocenters. The van der Waals surface area contributed by atoms with Crippen LogP contribution in [0.5, 0.6) is 0 Å². The maximum atomic E-state index is 11.6. The Morgan fingerprint density at radius 2 is 1.53 bits per heavy atom. The fourth-order valence-electron chi connectivity index (χ4n) is 1.47. The summed E-state index contributed by atoms with van der Waals surface area (Å²) in [6.07, 6.45) is 12.0. The second-order valence-electron chi connectivity index (χ2n) is 5.56. The van der Waals surface area contributed by atoms with Crippen LogP contribution in [0.25, 0.3) is 0 Å². The number of rotatable bonds is 9. The van der Waals surface area contributed by atoms with E-state index in [0.29, 0.717) is 0 Å². The number of unbranched alkanes of at least 4 members (excludes halogenated alkanes) is 7. The fraction of sp³-hybridized carbons (Fsp3) is 0.929. The average Bonchev–Trinajstić information content (AvgIpc) is 2.25. The molecule has 0 saturated carbocycles. The molecule has 0 bridgehead atoms. The highest BCUT2D eigenvalue weighted by Gasteiger charge is 2.17. The maximum Gasteiger partial charge on any atom is 0.144 e. The van der Waals surface area contributed by atoms with Crippen molar-refractivity contribution in [2.45, 2.75) is 83.8 Å². The Morgan fingerprint density at radius 3 is 2.06 bits per heavy atom. The molecule has 0 aromatic rings. The van der Waals surface area contributed by atoms with E-state index >= 15 is 0 Å². The number of hydrogen-bond donors (Lipinski definition) is 0. The van der Waals surface area contributed by atoms with Crippen LogP contribution in [0.15, 0.2) is 4.40 Å². The second-order valence-corrected chi connectivity index (χ2v) is 7.49. The molecule has 0 saturated heterocycles. The summed E-state index contributed by atoms with van der Waals surface area (Å²) in [5, 5.41) is 0. The van der Waals surface area contributed by atoms with Gasteiger partial charge in [-0.25, -0.2) is 4.21 Å². The summed E-state index contributed by atoms with van der Waals surface area (Å²) in [7, 11) is -1.08. The summed E-state index contributed by atoms with van der Waals surface area (Å²) in [5.41, 5.74) is 0. The first kappa shape index (κ1) is 16.8. The van der Waals surface area contributed by atoms with Crippen LogP contribution in [0.3, 0.4) is 0 Å². The summed E-state index contributed by atoms with van der Waals surface area (Å²) in [4.78, 5) is 0. The zero-order valence-electron chi connectivity index (χ0n) is 12.0. The van der Waals surface area contributed by atoms with Gasteiger partial charge in [-0.05, 0) is 33.6 Å². The van der Waals surface area contributed by atoms with E-state index in [1.165, 1.54) is 44.9 Å². The molecule has 0 amide bonds. The summed E-state index contributed by atoms with van der Waals surface area (Å²) < 4.78 is 15.4. The molecular weight excluding hydrogens is 230 g/mol. The Labute approximate surface area is 110 Å². The SMILES string of the molecule is CCCCCCCCC/C=N/S(=O)C(C)(C)C. The fourth-order valence-corrected chi connectivity index (χ4v) is 2.03. The molecule has 0 spiro atoms. The van der Waals surface area contributed by atoms with E-state index in [9.17, 15) is 4.21 Å². The lowest BCUT2D eigenvalue weighted by atomic mass is 10.1. The topological polar surface area (TPSA) is 29.4 Å². The van der Waals surface area contributed by atoms with E-state index < -0.39 is 11.0 Å². The van der Waals surface area contributed by atoms with Gasteiger partial charge in [0.15, 0.2) is 0 Å². The van der Waals surface area contributed by atoms with Crippen molar-refractivity contribution >= 4 is 17.2 Å². The van der Waals surface area contributed by atoms with Gasteiger partial charge >= 0.3 is 0 Å². The van der Waals surface area contributed by atoms with Crippen LogP contribution in [-0.4, -0.2) is 15.2 Å². The highest BCUT2D eigenvalue weighted by molar-refractivity contribution is 7.85. The zero-order chi connectivity index (χ0) is 13.1. The molecule has 0 aliphatic rings. The van der Waals surface area contributed by atoms with Crippen molar-refractivity contribution in [2.24, 2.45) is 4.40 Å². The molecule has 1 unspecified atom stereocenters. The lowest BCUT2D eigenvalue weighted by Crippen LogP contribution is -2.19. The van der Waals surface area contributed by atoms with Gasteiger partial charge in [0.25, 0.3) is 0 Å². The van der Waals surface area contributed by atoms with Crippen LogP contribution < -0.4 is 0 Å². The Morgan fingerprint density at radius 1 is 1.00 bits per heavy atom. The molecule has 0 aromatic carbocycles. The predicted molar refractivity (Wildman–Crippen MR) is 79.0 cm³/mol. The minimum atomic E-state index is -1.08. The van der Waals surface area contributed by atoms with Crippen LogP contribution in [0.1, 0.15) is 79.1 Å². The van der Waals surface area contributed by atoms with E-state index in [2.05, 4.69) is 11.3 Å². The van der Waals surface area contributed by atoms with Crippen LogP contribution in [-0.2, 0) is 11.0 Å².